The summed E-state index contributed by atoms with van der Waals surface area (Å²) in [5.74, 6) is -0.271. The second-order valence-electron chi connectivity index (χ2n) is 4.21. The van der Waals surface area contributed by atoms with Gasteiger partial charge in [0, 0.05) is 23.3 Å². The first kappa shape index (κ1) is 15.2. The molecule has 0 heterocycles. The highest BCUT2D eigenvalue weighted by Crippen LogP contribution is 2.26. The quantitative estimate of drug-likeness (QED) is 0.678. The minimum atomic E-state index is -0.563. The van der Waals surface area contributed by atoms with Crippen LogP contribution in [-0.2, 0) is 13.2 Å². The summed E-state index contributed by atoms with van der Waals surface area (Å²) in [6.07, 6.45) is 0. The highest BCUT2D eigenvalue weighted by Gasteiger charge is 2.12. The molecule has 0 amide bonds. The number of nitro benzene ring substituents is 1. The average Bonchev–Trinajstić information content (AvgIpc) is 2.48. The van der Waals surface area contributed by atoms with Gasteiger partial charge in [0.2, 0.25) is 0 Å². The van der Waals surface area contributed by atoms with Gasteiger partial charge in [-0.25, -0.2) is 4.39 Å². The van der Waals surface area contributed by atoms with E-state index in [0.29, 0.717) is 5.56 Å². The predicted octanol–water partition coefficient (Wildman–Crippen LogP) is 3.46. The van der Waals surface area contributed by atoms with Crippen molar-refractivity contribution in [1.82, 2.24) is 0 Å². The van der Waals surface area contributed by atoms with Crippen molar-refractivity contribution >= 4 is 17.3 Å². The van der Waals surface area contributed by atoms with Gasteiger partial charge in [0.05, 0.1) is 16.6 Å². The summed E-state index contributed by atoms with van der Waals surface area (Å²) in [5.41, 5.74) is 0.575. The molecule has 0 unspecified atom stereocenters. The van der Waals surface area contributed by atoms with Crippen molar-refractivity contribution in [2.24, 2.45) is 0 Å². The maximum absolute atomic E-state index is 13.3. The van der Waals surface area contributed by atoms with Crippen molar-refractivity contribution in [3.8, 4) is 5.75 Å². The fourth-order valence-electron chi connectivity index (χ4n) is 1.76. The molecule has 0 aliphatic carbocycles. The molecule has 7 heteroatoms. The molecule has 0 aromatic heterocycles. The summed E-state index contributed by atoms with van der Waals surface area (Å²) in [6.45, 7) is -0.421. The van der Waals surface area contributed by atoms with E-state index in [1.165, 1.54) is 30.3 Å². The van der Waals surface area contributed by atoms with Gasteiger partial charge in [-0.05, 0) is 12.1 Å². The molecule has 0 aliphatic rings. The number of hydrogen-bond donors (Lipinski definition) is 1. The standard InChI is InChI=1S/C14H11ClFNO4/c15-14-9(2-1-3-12(14)16)8-21-13-5-4-11(17(19)20)6-10(13)7-18/h1-6,18H,7-8H2. The fraction of sp³-hybridized carbons (Fsp3) is 0.143. The van der Waals surface area contributed by atoms with Crippen molar-refractivity contribution in [3.63, 3.8) is 0 Å². The van der Waals surface area contributed by atoms with Crippen molar-refractivity contribution in [3.05, 3.63) is 68.5 Å². The van der Waals surface area contributed by atoms with Gasteiger partial charge in [-0.3, -0.25) is 10.1 Å². The van der Waals surface area contributed by atoms with Gasteiger partial charge in [-0.1, -0.05) is 23.7 Å². The molecule has 1 N–H and O–H groups in total. The first-order valence-electron chi connectivity index (χ1n) is 5.96. The second kappa shape index (κ2) is 6.51. The number of non-ortho nitro benzene ring substituents is 1. The van der Waals surface area contributed by atoms with Crippen LogP contribution in [0.2, 0.25) is 5.02 Å². The van der Waals surface area contributed by atoms with E-state index in [4.69, 9.17) is 16.3 Å². The van der Waals surface area contributed by atoms with E-state index in [-0.39, 0.29) is 28.6 Å². The molecular formula is C14H11ClFNO4. The van der Waals surface area contributed by atoms with Gasteiger partial charge in [0.1, 0.15) is 18.2 Å². The number of hydrogen-bond acceptors (Lipinski definition) is 4. The second-order valence-corrected chi connectivity index (χ2v) is 4.59. The van der Waals surface area contributed by atoms with Gasteiger partial charge in [-0.2, -0.15) is 0 Å². The third kappa shape index (κ3) is 3.48. The predicted molar refractivity (Wildman–Crippen MR) is 74.8 cm³/mol. The molecule has 0 saturated heterocycles. The summed E-state index contributed by atoms with van der Waals surface area (Å²) >= 11 is 5.81. The smallest absolute Gasteiger partial charge is 0.270 e. The topological polar surface area (TPSA) is 72.6 Å². The number of aliphatic hydroxyl groups excluding tert-OH is 1. The van der Waals surface area contributed by atoms with E-state index in [1.54, 1.807) is 6.07 Å². The third-order valence-electron chi connectivity index (χ3n) is 2.84. The molecule has 5 nitrogen and oxygen atoms in total. The Morgan fingerprint density at radius 1 is 1.29 bits per heavy atom. The molecule has 0 bridgehead atoms. The Hall–Kier alpha value is -2.18. The zero-order chi connectivity index (χ0) is 15.4. The molecule has 0 atom stereocenters. The summed E-state index contributed by atoms with van der Waals surface area (Å²) in [4.78, 5) is 10.1. The van der Waals surface area contributed by atoms with Crippen LogP contribution in [0.25, 0.3) is 0 Å². The van der Waals surface area contributed by atoms with Crippen LogP contribution >= 0.6 is 11.6 Å². The number of nitro groups is 1. The van der Waals surface area contributed by atoms with Gasteiger partial charge < -0.3 is 9.84 Å². The Morgan fingerprint density at radius 2 is 2.05 bits per heavy atom. The van der Waals surface area contributed by atoms with Crippen LogP contribution in [-0.4, -0.2) is 10.0 Å². The highest BCUT2D eigenvalue weighted by atomic mass is 35.5. The van der Waals surface area contributed by atoms with Crippen LogP contribution in [0, 0.1) is 15.9 Å². The van der Waals surface area contributed by atoms with Crippen molar-refractivity contribution in [2.45, 2.75) is 13.2 Å². The van der Waals surface area contributed by atoms with E-state index in [9.17, 15) is 19.6 Å². The lowest BCUT2D eigenvalue weighted by atomic mass is 10.2. The molecule has 2 aromatic carbocycles. The minimum Gasteiger partial charge on any atom is -0.488 e. The first-order valence-corrected chi connectivity index (χ1v) is 6.34. The number of aliphatic hydroxyl groups is 1. The Kier molecular flexibility index (Phi) is 4.72. The number of halogens is 2. The normalized spacial score (nSPS) is 10.4. The van der Waals surface area contributed by atoms with Crippen LogP contribution in [0.1, 0.15) is 11.1 Å². The van der Waals surface area contributed by atoms with Gasteiger partial charge in [0.25, 0.3) is 5.69 Å². The fourth-order valence-corrected chi connectivity index (χ4v) is 1.94. The molecule has 21 heavy (non-hydrogen) atoms. The summed E-state index contributed by atoms with van der Waals surface area (Å²) in [6, 6.07) is 8.22. The van der Waals surface area contributed by atoms with Crippen molar-refractivity contribution in [1.29, 1.82) is 0 Å². The van der Waals surface area contributed by atoms with E-state index in [0.717, 1.165) is 0 Å². The van der Waals surface area contributed by atoms with Crippen LogP contribution in [0.4, 0.5) is 10.1 Å². The minimum absolute atomic E-state index is 0.0125. The Balaban J connectivity index is 2.20. The third-order valence-corrected chi connectivity index (χ3v) is 3.26. The Bertz CT molecular complexity index is 678. The van der Waals surface area contributed by atoms with E-state index in [2.05, 4.69) is 0 Å². The first-order chi connectivity index (χ1) is 10.0. The molecule has 0 spiro atoms. The van der Waals surface area contributed by atoms with E-state index in [1.807, 2.05) is 0 Å². The molecule has 2 aromatic rings. The summed E-state index contributed by atoms with van der Waals surface area (Å²) in [5, 5.41) is 19.9. The monoisotopic (exact) mass is 311 g/mol. The zero-order valence-corrected chi connectivity index (χ0v) is 11.5. The van der Waals surface area contributed by atoms with Gasteiger partial charge >= 0.3 is 0 Å². The molecule has 110 valence electrons. The number of ether oxygens (including phenoxy) is 1. The maximum atomic E-state index is 13.3. The average molecular weight is 312 g/mol. The van der Waals surface area contributed by atoms with Gasteiger partial charge in [-0.15, -0.1) is 0 Å². The lowest BCUT2D eigenvalue weighted by Crippen LogP contribution is -2.01. The number of nitrogens with zero attached hydrogens (tertiary/aromatic N) is 1. The molecule has 0 saturated carbocycles. The van der Waals surface area contributed by atoms with Crippen molar-refractivity contribution in [2.75, 3.05) is 0 Å². The number of benzene rings is 2. The number of rotatable bonds is 5. The highest BCUT2D eigenvalue weighted by molar-refractivity contribution is 6.31. The van der Waals surface area contributed by atoms with Crippen LogP contribution < -0.4 is 4.74 Å². The van der Waals surface area contributed by atoms with E-state index < -0.39 is 17.3 Å². The molecular weight excluding hydrogens is 301 g/mol. The zero-order valence-electron chi connectivity index (χ0n) is 10.8. The summed E-state index contributed by atoms with van der Waals surface area (Å²) < 4.78 is 18.7. The lowest BCUT2D eigenvalue weighted by Gasteiger charge is -2.11. The Labute approximate surface area is 124 Å². The van der Waals surface area contributed by atoms with Crippen LogP contribution in [0.5, 0.6) is 5.75 Å². The maximum Gasteiger partial charge on any atom is 0.270 e. The van der Waals surface area contributed by atoms with Crippen LogP contribution in [0.15, 0.2) is 36.4 Å². The molecule has 0 fully saturated rings. The summed E-state index contributed by atoms with van der Waals surface area (Å²) in [7, 11) is 0. The van der Waals surface area contributed by atoms with Crippen LogP contribution in [0.3, 0.4) is 0 Å². The lowest BCUT2D eigenvalue weighted by molar-refractivity contribution is -0.385. The molecule has 0 aliphatic heterocycles. The van der Waals surface area contributed by atoms with E-state index >= 15 is 0 Å². The Morgan fingerprint density at radius 3 is 2.71 bits per heavy atom. The molecule has 0 radical (unpaired) electrons. The van der Waals surface area contributed by atoms with Crippen molar-refractivity contribution < 1.29 is 19.2 Å². The SMILES string of the molecule is O=[N+]([O-])c1ccc(OCc2cccc(F)c2Cl)c(CO)c1. The molecule has 2 rings (SSSR count). The largest absolute Gasteiger partial charge is 0.488 e. The van der Waals surface area contributed by atoms with Gasteiger partial charge in [0.15, 0.2) is 0 Å².